The van der Waals surface area contributed by atoms with Crippen LogP contribution in [0.3, 0.4) is 0 Å². The maximum absolute atomic E-state index is 9.58. The lowest BCUT2D eigenvalue weighted by molar-refractivity contribution is 0.435. The van der Waals surface area contributed by atoms with Gasteiger partial charge in [-0.2, -0.15) is 5.26 Å². The van der Waals surface area contributed by atoms with E-state index < -0.39 is 5.92 Å². The minimum Gasteiger partial charge on any atom is -0.422 e. The lowest BCUT2D eigenvalue weighted by Gasteiger charge is -2.29. The highest BCUT2D eigenvalue weighted by atomic mass is 16.5. The normalized spacial score (nSPS) is 20.4. The monoisotopic (exact) mass is 294 g/mol. The van der Waals surface area contributed by atoms with Gasteiger partial charge < -0.3 is 4.74 Å². The van der Waals surface area contributed by atoms with Crippen molar-refractivity contribution >= 4 is 5.90 Å². The third-order valence-electron chi connectivity index (χ3n) is 4.17. The van der Waals surface area contributed by atoms with Crippen LogP contribution in [0, 0.1) is 29.6 Å². The highest BCUT2D eigenvalue weighted by molar-refractivity contribution is 5.85. The molecule has 0 bridgehead atoms. The number of fused-ring (bicyclic) bond motifs is 1. The molecule has 2 atom stereocenters. The number of ether oxygens (including phenoxy) is 1. The van der Waals surface area contributed by atoms with Gasteiger partial charge in [0.25, 0.3) is 0 Å². The average molecular weight is 294 g/mol. The van der Waals surface area contributed by atoms with E-state index in [0.29, 0.717) is 5.88 Å². The molecule has 2 unspecified atom stereocenters. The van der Waals surface area contributed by atoms with Gasteiger partial charge in [0.1, 0.15) is 5.92 Å². The van der Waals surface area contributed by atoms with Crippen LogP contribution in [0.2, 0.25) is 0 Å². The number of nitrogens with zero attached hydrogens (tertiary/aromatic N) is 2. The third-order valence-corrected chi connectivity index (χ3v) is 4.17. The predicted octanol–water partition coefficient (Wildman–Crippen LogP) is 3.48. The van der Waals surface area contributed by atoms with Crippen LogP contribution in [0.15, 0.2) is 24.3 Å². The van der Waals surface area contributed by atoms with E-state index in [1.165, 1.54) is 0 Å². The highest BCUT2D eigenvalue weighted by Gasteiger charge is 2.41. The van der Waals surface area contributed by atoms with Gasteiger partial charge in [-0.1, -0.05) is 38.1 Å². The van der Waals surface area contributed by atoms with Gasteiger partial charge in [-0.25, -0.2) is 0 Å². The second kappa shape index (κ2) is 5.30. The molecule has 5 nitrogen and oxygen atoms in total. The number of aromatic nitrogens is 2. The van der Waals surface area contributed by atoms with Crippen molar-refractivity contribution in [3.8, 4) is 11.9 Å². The number of nitriles is 1. The summed E-state index contributed by atoms with van der Waals surface area (Å²) >= 11 is 0. The molecule has 112 valence electrons. The molecular weight excluding hydrogens is 276 g/mol. The molecule has 0 saturated heterocycles. The van der Waals surface area contributed by atoms with Gasteiger partial charge in [0.15, 0.2) is 0 Å². The zero-order valence-corrected chi connectivity index (χ0v) is 12.8. The summed E-state index contributed by atoms with van der Waals surface area (Å²) in [7, 11) is 0. The van der Waals surface area contributed by atoms with E-state index in [-0.39, 0.29) is 17.7 Å². The fourth-order valence-corrected chi connectivity index (χ4v) is 3.05. The highest BCUT2D eigenvalue weighted by Crippen LogP contribution is 2.45. The number of rotatable bonds is 2. The maximum atomic E-state index is 9.58. The topological polar surface area (TPSA) is 85.5 Å². The van der Waals surface area contributed by atoms with Crippen molar-refractivity contribution in [1.29, 1.82) is 10.7 Å². The van der Waals surface area contributed by atoms with E-state index in [4.69, 9.17) is 10.1 Å². The second-order valence-corrected chi connectivity index (χ2v) is 5.92. The lowest BCUT2D eigenvalue weighted by atomic mass is 9.77. The summed E-state index contributed by atoms with van der Waals surface area (Å²) in [6, 6.07) is 10.2. The molecule has 22 heavy (non-hydrogen) atoms. The minimum absolute atomic E-state index is 0.0370. The van der Waals surface area contributed by atoms with Gasteiger partial charge in [0.05, 0.1) is 6.07 Å². The number of aromatic amines is 1. The molecule has 0 fully saturated rings. The fraction of sp³-hybridized carbons (Fsp3) is 0.353. The smallest absolute Gasteiger partial charge is 0.243 e. The third kappa shape index (κ3) is 2.08. The Labute approximate surface area is 129 Å². The summed E-state index contributed by atoms with van der Waals surface area (Å²) in [6.45, 7) is 6.17. The zero-order valence-electron chi connectivity index (χ0n) is 12.8. The Bertz CT molecular complexity index is 769. The SMILES string of the molecule is Cc1ccccc1C1c2c(n[nH]c2C(C)C)OC(=N)C1C#N. The van der Waals surface area contributed by atoms with Crippen molar-refractivity contribution in [1.82, 2.24) is 10.2 Å². The molecule has 1 aliphatic heterocycles. The summed E-state index contributed by atoms with van der Waals surface area (Å²) in [4.78, 5) is 0. The molecule has 0 aliphatic carbocycles. The quantitative estimate of drug-likeness (QED) is 0.889. The average Bonchev–Trinajstić information content (AvgIpc) is 2.90. The first-order valence-corrected chi connectivity index (χ1v) is 7.34. The molecule has 0 amide bonds. The molecule has 5 heteroatoms. The molecule has 0 radical (unpaired) electrons. The summed E-state index contributed by atoms with van der Waals surface area (Å²) in [6.07, 6.45) is 0. The Hall–Kier alpha value is -2.61. The number of hydrogen-bond acceptors (Lipinski definition) is 4. The van der Waals surface area contributed by atoms with E-state index in [2.05, 4.69) is 30.1 Å². The first-order valence-electron chi connectivity index (χ1n) is 7.34. The van der Waals surface area contributed by atoms with E-state index in [0.717, 1.165) is 22.4 Å². The number of aryl methyl sites for hydroxylation is 1. The molecule has 0 saturated carbocycles. The van der Waals surface area contributed by atoms with Crippen molar-refractivity contribution in [2.45, 2.75) is 32.6 Å². The molecular formula is C17H18N4O. The van der Waals surface area contributed by atoms with E-state index in [9.17, 15) is 5.26 Å². The van der Waals surface area contributed by atoms with Crippen molar-refractivity contribution < 1.29 is 4.74 Å². The standard InChI is InChI=1S/C17H18N4O/c1-9(2)15-14-13(11-7-5-4-6-10(11)3)12(8-18)16(19)22-17(14)21-20-15/h4-7,9,12-13,19H,1-3H3,(H,20,21). The fourth-order valence-electron chi connectivity index (χ4n) is 3.05. The number of H-pyrrole nitrogens is 1. The van der Waals surface area contributed by atoms with Crippen molar-refractivity contribution in [3.63, 3.8) is 0 Å². The Morgan fingerprint density at radius 2 is 2.09 bits per heavy atom. The van der Waals surface area contributed by atoms with Crippen molar-refractivity contribution in [2.75, 3.05) is 0 Å². The predicted molar refractivity (Wildman–Crippen MR) is 83.2 cm³/mol. The van der Waals surface area contributed by atoms with Crippen LogP contribution >= 0.6 is 0 Å². The number of hydrogen-bond donors (Lipinski definition) is 2. The van der Waals surface area contributed by atoms with Crippen molar-refractivity contribution in [3.05, 3.63) is 46.6 Å². The van der Waals surface area contributed by atoms with E-state index in [1.54, 1.807) is 0 Å². The molecule has 2 N–H and O–H groups in total. The molecule has 2 aromatic rings. The van der Waals surface area contributed by atoms with Gasteiger partial charge >= 0.3 is 0 Å². The Balaban J connectivity index is 2.26. The van der Waals surface area contributed by atoms with Gasteiger partial charge in [0, 0.05) is 17.2 Å². The minimum atomic E-state index is -0.635. The van der Waals surface area contributed by atoms with Crippen LogP contribution in [0.1, 0.15) is 48.1 Å². The first kappa shape index (κ1) is 14.3. The van der Waals surface area contributed by atoms with E-state index in [1.807, 2.05) is 31.2 Å². The van der Waals surface area contributed by atoms with Gasteiger partial charge in [-0.3, -0.25) is 10.5 Å². The first-order chi connectivity index (χ1) is 10.5. The summed E-state index contributed by atoms with van der Waals surface area (Å²) < 4.78 is 5.48. The van der Waals surface area contributed by atoms with Gasteiger partial charge in [0.2, 0.25) is 11.8 Å². The molecule has 1 aromatic carbocycles. The molecule has 2 heterocycles. The summed E-state index contributed by atoms with van der Waals surface area (Å²) in [5.74, 6) is -0.237. The molecule has 1 aromatic heterocycles. The summed E-state index contributed by atoms with van der Waals surface area (Å²) in [5, 5.41) is 24.8. The lowest BCUT2D eigenvalue weighted by Crippen LogP contribution is -2.31. The van der Waals surface area contributed by atoms with Crippen LogP contribution in [0.5, 0.6) is 5.88 Å². The van der Waals surface area contributed by atoms with Crippen molar-refractivity contribution in [2.24, 2.45) is 5.92 Å². The zero-order chi connectivity index (χ0) is 15.9. The molecule has 1 aliphatic rings. The van der Waals surface area contributed by atoms with Crippen LogP contribution in [-0.4, -0.2) is 16.1 Å². The second-order valence-electron chi connectivity index (χ2n) is 5.92. The van der Waals surface area contributed by atoms with Gasteiger partial charge in [-0.15, -0.1) is 5.10 Å². The Morgan fingerprint density at radius 3 is 2.73 bits per heavy atom. The number of nitrogens with one attached hydrogen (secondary N) is 2. The van der Waals surface area contributed by atoms with Crippen LogP contribution in [-0.2, 0) is 0 Å². The molecule has 0 spiro atoms. The largest absolute Gasteiger partial charge is 0.422 e. The number of benzene rings is 1. The Morgan fingerprint density at radius 1 is 1.36 bits per heavy atom. The summed E-state index contributed by atoms with van der Waals surface area (Å²) in [5.41, 5.74) is 4.03. The maximum Gasteiger partial charge on any atom is 0.243 e. The molecule has 3 rings (SSSR count). The van der Waals surface area contributed by atoms with Crippen LogP contribution in [0.25, 0.3) is 0 Å². The van der Waals surface area contributed by atoms with Gasteiger partial charge in [-0.05, 0) is 24.0 Å². The Kier molecular flexibility index (Phi) is 3.45. The van der Waals surface area contributed by atoms with E-state index >= 15 is 0 Å². The van der Waals surface area contributed by atoms with Crippen LogP contribution in [0.4, 0.5) is 0 Å². The van der Waals surface area contributed by atoms with Crippen LogP contribution < -0.4 is 4.74 Å².